The Morgan fingerprint density at radius 1 is 1.31 bits per heavy atom. The quantitative estimate of drug-likeness (QED) is 0.792. The van der Waals surface area contributed by atoms with Crippen molar-refractivity contribution in [2.24, 2.45) is 0 Å². The fraction of sp³-hybridized carbons (Fsp3) is 0.0909. The van der Waals surface area contributed by atoms with E-state index in [-0.39, 0.29) is 6.03 Å². The molecule has 3 N–H and O–H groups in total. The second-order valence-electron chi connectivity index (χ2n) is 3.33. The van der Waals surface area contributed by atoms with E-state index in [0.717, 1.165) is 5.56 Å². The smallest absolute Gasteiger partial charge is 0.342 e. The van der Waals surface area contributed by atoms with Crippen molar-refractivity contribution in [3.63, 3.8) is 0 Å². The maximum absolute atomic E-state index is 11.6. The van der Waals surface area contributed by atoms with Crippen LogP contribution in [0.4, 0.5) is 10.6 Å². The maximum atomic E-state index is 11.6. The minimum atomic E-state index is -0.291. The van der Waals surface area contributed by atoms with E-state index in [4.69, 9.17) is 5.73 Å². The summed E-state index contributed by atoms with van der Waals surface area (Å²) in [4.78, 5) is 11.6. The molecule has 0 unspecified atom stereocenters. The van der Waals surface area contributed by atoms with Crippen molar-refractivity contribution >= 4 is 11.8 Å². The van der Waals surface area contributed by atoms with Crippen molar-refractivity contribution in [1.29, 1.82) is 0 Å². The molecule has 0 spiro atoms. The summed E-state index contributed by atoms with van der Waals surface area (Å²) in [7, 11) is 0. The van der Waals surface area contributed by atoms with Gasteiger partial charge < -0.3 is 11.1 Å². The molecule has 1 heterocycles. The summed E-state index contributed by atoms with van der Waals surface area (Å²) in [5.74, 6) is 0.329. The molecule has 0 aliphatic heterocycles. The number of benzene rings is 1. The Morgan fingerprint density at radius 2 is 2.06 bits per heavy atom. The van der Waals surface area contributed by atoms with Crippen molar-refractivity contribution in [1.82, 2.24) is 15.1 Å². The fourth-order valence-electron chi connectivity index (χ4n) is 1.31. The molecule has 0 saturated heterocycles. The number of anilines is 1. The van der Waals surface area contributed by atoms with Crippen LogP contribution in [0.2, 0.25) is 0 Å². The Labute approximate surface area is 92.9 Å². The van der Waals surface area contributed by atoms with Gasteiger partial charge in [-0.05, 0) is 5.56 Å². The molecular formula is C11H12N4O. The van der Waals surface area contributed by atoms with Crippen LogP contribution in [0.3, 0.4) is 0 Å². The maximum Gasteiger partial charge on any atom is 0.342 e. The molecule has 0 fully saturated rings. The highest BCUT2D eigenvalue weighted by molar-refractivity contribution is 5.75. The predicted molar refractivity (Wildman–Crippen MR) is 60.7 cm³/mol. The Morgan fingerprint density at radius 3 is 2.69 bits per heavy atom. The standard InChI is InChI=1S/C11H12N4O/c12-10-6-7-15(14-10)11(16)13-8-9-4-2-1-3-5-9/h1-7H,8H2,(H2,12,14)(H,13,16). The van der Waals surface area contributed by atoms with Gasteiger partial charge in [0, 0.05) is 18.8 Å². The number of nitrogens with zero attached hydrogens (tertiary/aromatic N) is 2. The third-order valence-corrected chi connectivity index (χ3v) is 2.10. The first-order valence-electron chi connectivity index (χ1n) is 4.89. The van der Waals surface area contributed by atoms with E-state index in [1.807, 2.05) is 30.3 Å². The van der Waals surface area contributed by atoms with Crippen LogP contribution in [0.15, 0.2) is 42.6 Å². The van der Waals surface area contributed by atoms with Gasteiger partial charge in [0.05, 0.1) is 0 Å². The molecule has 5 heteroatoms. The summed E-state index contributed by atoms with van der Waals surface area (Å²) in [6, 6.07) is 10.9. The normalized spacial score (nSPS) is 10.0. The molecule has 0 aliphatic carbocycles. The average Bonchev–Trinajstić information content (AvgIpc) is 2.74. The summed E-state index contributed by atoms with van der Waals surface area (Å²) in [6.45, 7) is 0.472. The van der Waals surface area contributed by atoms with Gasteiger partial charge >= 0.3 is 6.03 Å². The number of nitrogen functional groups attached to an aromatic ring is 1. The second kappa shape index (κ2) is 4.48. The van der Waals surface area contributed by atoms with Gasteiger partial charge in [-0.25, -0.2) is 4.79 Å². The van der Waals surface area contributed by atoms with Gasteiger partial charge in [0.15, 0.2) is 0 Å². The zero-order valence-corrected chi connectivity index (χ0v) is 8.63. The van der Waals surface area contributed by atoms with E-state index >= 15 is 0 Å². The third kappa shape index (κ3) is 2.38. The summed E-state index contributed by atoms with van der Waals surface area (Å²) in [6.07, 6.45) is 1.52. The zero-order chi connectivity index (χ0) is 11.4. The van der Waals surface area contributed by atoms with Crippen molar-refractivity contribution in [2.45, 2.75) is 6.54 Å². The molecule has 0 bridgehead atoms. The van der Waals surface area contributed by atoms with E-state index in [1.165, 1.54) is 10.9 Å². The first kappa shape index (κ1) is 10.2. The van der Waals surface area contributed by atoms with E-state index in [9.17, 15) is 4.79 Å². The first-order chi connectivity index (χ1) is 7.75. The molecular weight excluding hydrogens is 204 g/mol. The molecule has 2 aromatic rings. The van der Waals surface area contributed by atoms with Crippen LogP contribution in [0.5, 0.6) is 0 Å². The highest BCUT2D eigenvalue weighted by atomic mass is 16.2. The summed E-state index contributed by atoms with van der Waals surface area (Å²) in [5.41, 5.74) is 6.45. The zero-order valence-electron chi connectivity index (χ0n) is 8.63. The molecule has 16 heavy (non-hydrogen) atoms. The molecule has 2 rings (SSSR count). The summed E-state index contributed by atoms with van der Waals surface area (Å²) >= 11 is 0. The Balaban J connectivity index is 1.94. The predicted octanol–water partition coefficient (Wildman–Crippen LogP) is 1.22. The molecule has 0 radical (unpaired) electrons. The number of nitrogens with one attached hydrogen (secondary N) is 1. The number of aromatic nitrogens is 2. The van der Waals surface area contributed by atoms with Gasteiger partial charge in [0.25, 0.3) is 0 Å². The van der Waals surface area contributed by atoms with Gasteiger partial charge in [-0.15, -0.1) is 5.10 Å². The van der Waals surface area contributed by atoms with Crippen LogP contribution in [0.25, 0.3) is 0 Å². The second-order valence-corrected chi connectivity index (χ2v) is 3.33. The lowest BCUT2D eigenvalue weighted by molar-refractivity contribution is 0.239. The highest BCUT2D eigenvalue weighted by Crippen LogP contribution is 1.98. The van der Waals surface area contributed by atoms with Crippen LogP contribution in [0, 0.1) is 0 Å². The van der Waals surface area contributed by atoms with Crippen molar-refractivity contribution in [3.05, 3.63) is 48.2 Å². The number of hydrogen-bond donors (Lipinski definition) is 2. The third-order valence-electron chi connectivity index (χ3n) is 2.10. The van der Waals surface area contributed by atoms with Gasteiger partial charge in [0.1, 0.15) is 5.82 Å². The monoisotopic (exact) mass is 216 g/mol. The Kier molecular flexibility index (Phi) is 2.86. The minimum absolute atomic E-state index is 0.291. The van der Waals surface area contributed by atoms with Crippen LogP contribution in [-0.2, 0) is 6.54 Å². The molecule has 1 aromatic carbocycles. The van der Waals surface area contributed by atoms with Crippen molar-refractivity contribution < 1.29 is 4.79 Å². The van der Waals surface area contributed by atoms with Gasteiger partial charge in [-0.1, -0.05) is 30.3 Å². The lowest BCUT2D eigenvalue weighted by atomic mass is 10.2. The Hall–Kier alpha value is -2.30. The highest BCUT2D eigenvalue weighted by Gasteiger charge is 2.04. The number of rotatable bonds is 2. The molecule has 5 nitrogen and oxygen atoms in total. The molecule has 82 valence electrons. The Bertz CT molecular complexity index is 478. The minimum Gasteiger partial charge on any atom is -0.382 e. The fourth-order valence-corrected chi connectivity index (χ4v) is 1.31. The van der Waals surface area contributed by atoms with E-state index < -0.39 is 0 Å². The number of nitrogens with two attached hydrogens (primary N) is 1. The lowest BCUT2D eigenvalue weighted by Crippen LogP contribution is -2.28. The SMILES string of the molecule is Nc1ccn(C(=O)NCc2ccccc2)n1. The van der Waals surface area contributed by atoms with Crippen molar-refractivity contribution in [2.75, 3.05) is 5.73 Å². The van der Waals surface area contributed by atoms with Gasteiger partial charge in [-0.2, -0.15) is 4.68 Å². The number of amides is 1. The van der Waals surface area contributed by atoms with Crippen LogP contribution in [-0.4, -0.2) is 15.8 Å². The summed E-state index contributed by atoms with van der Waals surface area (Å²) in [5, 5.41) is 6.54. The van der Waals surface area contributed by atoms with Crippen LogP contribution >= 0.6 is 0 Å². The van der Waals surface area contributed by atoms with Crippen LogP contribution < -0.4 is 11.1 Å². The average molecular weight is 216 g/mol. The number of carbonyl (C=O) groups is 1. The summed E-state index contributed by atoms with van der Waals surface area (Å²) < 4.78 is 1.18. The van der Waals surface area contributed by atoms with E-state index in [1.54, 1.807) is 6.07 Å². The van der Waals surface area contributed by atoms with E-state index in [2.05, 4.69) is 10.4 Å². The molecule has 1 aromatic heterocycles. The van der Waals surface area contributed by atoms with Gasteiger partial charge in [-0.3, -0.25) is 0 Å². The van der Waals surface area contributed by atoms with E-state index in [0.29, 0.717) is 12.4 Å². The molecule has 0 saturated carbocycles. The van der Waals surface area contributed by atoms with Gasteiger partial charge in [0.2, 0.25) is 0 Å². The molecule has 0 aliphatic rings. The molecule has 0 atom stereocenters. The number of hydrogen-bond acceptors (Lipinski definition) is 3. The molecule has 1 amide bonds. The first-order valence-corrected chi connectivity index (χ1v) is 4.89. The van der Waals surface area contributed by atoms with Crippen LogP contribution in [0.1, 0.15) is 5.56 Å². The lowest BCUT2D eigenvalue weighted by Gasteiger charge is -2.04. The van der Waals surface area contributed by atoms with Crippen molar-refractivity contribution in [3.8, 4) is 0 Å². The topological polar surface area (TPSA) is 72.9 Å². The number of carbonyl (C=O) groups excluding carboxylic acids is 1. The largest absolute Gasteiger partial charge is 0.382 e.